The van der Waals surface area contributed by atoms with E-state index in [1.54, 1.807) is 17.8 Å². The summed E-state index contributed by atoms with van der Waals surface area (Å²) < 4.78 is 5.87. The first kappa shape index (κ1) is 28.0. The first-order valence-electron chi connectivity index (χ1n) is 13.8. The van der Waals surface area contributed by atoms with Crippen molar-refractivity contribution in [2.24, 2.45) is 5.41 Å². The first-order chi connectivity index (χ1) is 19.5. The van der Waals surface area contributed by atoms with Gasteiger partial charge in [-0.1, -0.05) is 88.0 Å². The molecule has 1 aromatic heterocycles. The van der Waals surface area contributed by atoms with E-state index in [1.807, 2.05) is 12.1 Å². The lowest BCUT2D eigenvalue weighted by Crippen LogP contribution is -2.30. The topological polar surface area (TPSA) is 68.1 Å². The van der Waals surface area contributed by atoms with Gasteiger partial charge in [0.05, 0.1) is 5.56 Å². The summed E-state index contributed by atoms with van der Waals surface area (Å²) >= 11 is 3.90. The van der Waals surface area contributed by atoms with Crippen LogP contribution in [0.1, 0.15) is 41.0 Å². The zero-order chi connectivity index (χ0) is 28.9. The van der Waals surface area contributed by atoms with Gasteiger partial charge in [-0.25, -0.2) is 15.0 Å². The zero-order valence-corrected chi connectivity index (χ0v) is 26.8. The standard InChI is InChI=1S/C34H32IN3O2S/c1-6-41-32-37-30(25-16-13-22-11-10-20-8-7-9-21-12-15-24(25)29(22)28(20)21)36-31(38-32)26-17-14-23(18-27(26)39)40-34(5,35)19-33(2,3)4/h7-18,39H,6,19H2,1-5H3. The van der Waals surface area contributed by atoms with Gasteiger partial charge >= 0.3 is 0 Å². The smallest absolute Gasteiger partial charge is 0.191 e. The number of aromatic nitrogens is 3. The second-order valence-corrected chi connectivity index (χ2v) is 15.3. The highest BCUT2D eigenvalue weighted by molar-refractivity contribution is 14.1. The van der Waals surface area contributed by atoms with Gasteiger partial charge in [0.1, 0.15) is 11.5 Å². The van der Waals surface area contributed by atoms with Crippen molar-refractivity contribution in [1.29, 1.82) is 0 Å². The second kappa shape index (κ2) is 10.6. The Balaban J connectivity index is 1.45. The maximum Gasteiger partial charge on any atom is 0.191 e. The molecule has 5 aromatic carbocycles. The van der Waals surface area contributed by atoms with Crippen molar-refractivity contribution in [1.82, 2.24) is 15.0 Å². The fourth-order valence-electron chi connectivity index (χ4n) is 5.71. The summed E-state index contributed by atoms with van der Waals surface area (Å²) in [6.45, 7) is 10.7. The van der Waals surface area contributed by atoms with Crippen LogP contribution in [-0.2, 0) is 0 Å². The quantitative estimate of drug-likeness (QED) is 0.0788. The third kappa shape index (κ3) is 5.66. The SMILES string of the molecule is CCSc1nc(-c2ccc(OC(C)(I)CC(C)(C)C)cc2O)nc(-c2ccc3ccc4cccc5ccc2c3c45)n1. The lowest BCUT2D eigenvalue weighted by Gasteiger charge is -2.31. The normalized spacial score (nSPS) is 13.7. The summed E-state index contributed by atoms with van der Waals surface area (Å²) in [5.41, 5.74) is 1.60. The van der Waals surface area contributed by atoms with Gasteiger partial charge in [0.15, 0.2) is 20.4 Å². The first-order valence-corrected chi connectivity index (χ1v) is 15.8. The molecule has 7 heteroatoms. The van der Waals surface area contributed by atoms with E-state index in [0.717, 1.165) is 23.1 Å². The van der Waals surface area contributed by atoms with Crippen LogP contribution in [0.2, 0.25) is 0 Å². The van der Waals surface area contributed by atoms with E-state index in [4.69, 9.17) is 19.7 Å². The number of phenols is 1. The minimum absolute atomic E-state index is 0.0745. The molecule has 6 aromatic rings. The Morgan fingerprint density at radius 2 is 1.39 bits per heavy atom. The largest absolute Gasteiger partial charge is 0.507 e. The third-order valence-electron chi connectivity index (χ3n) is 7.04. The summed E-state index contributed by atoms with van der Waals surface area (Å²) in [5.74, 6) is 2.53. The summed E-state index contributed by atoms with van der Waals surface area (Å²) in [7, 11) is 0. The van der Waals surface area contributed by atoms with Crippen LogP contribution in [0.4, 0.5) is 0 Å². The Labute approximate surface area is 258 Å². The summed E-state index contributed by atoms with van der Waals surface area (Å²) in [6, 6.07) is 24.7. The molecule has 0 amide bonds. The van der Waals surface area contributed by atoms with Crippen LogP contribution in [0, 0.1) is 5.41 Å². The van der Waals surface area contributed by atoms with E-state index in [9.17, 15) is 5.11 Å². The lowest BCUT2D eigenvalue weighted by molar-refractivity contribution is 0.144. The monoisotopic (exact) mass is 673 g/mol. The van der Waals surface area contributed by atoms with Crippen molar-refractivity contribution in [3.8, 4) is 34.3 Å². The van der Waals surface area contributed by atoms with Gasteiger partial charge < -0.3 is 9.84 Å². The van der Waals surface area contributed by atoms with Gasteiger partial charge in [-0.15, -0.1) is 0 Å². The zero-order valence-electron chi connectivity index (χ0n) is 23.8. The van der Waals surface area contributed by atoms with Gasteiger partial charge in [-0.2, -0.15) is 0 Å². The van der Waals surface area contributed by atoms with E-state index in [-0.39, 0.29) is 11.2 Å². The lowest BCUT2D eigenvalue weighted by atomic mass is 9.89. The highest BCUT2D eigenvalue weighted by Gasteiger charge is 2.29. The molecule has 0 aliphatic rings. The fraction of sp³-hybridized carbons (Fsp3) is 0.265. The van der Waals surface area contributed by atoms with Gasteiger partial charge in [0.2, 0.25) is 0 Å². The van der Waals surface area contributed by atoms with Crippen LogP contribution in [0.25, 0.3) is 55.1 Å². The molecule has 1 unspecified atom stereocenters. The maximum atomic E-state index is 11.1. The van der Waals surface area contributed by atoms with Crippen LogP contribution in [0.15, 0.2) is 78.0 Å². The predicted molar refractivity (Wildman–Crippen MR) is 180 cm³/mol. The Hall–Kier alpha value is -3.17. The van der Waals surface area contributed by atoms with E-state index in [1.165, 1.54) is 26.9 Å². The minimum atomic E-state index is -0.412. The molecule has 1 N–H and O–H groups in total. The molecule has 0 aliphatic carbocycles. The number of nitrogens with zero attached hydrogens (tertiary/aromatic N) is 3. The molecule has 6 rings (SSSR count). The molecule has 1 atom stereocenters. The number of phenolic OH excluding ortho intramolecular Hbond substituents is 1. The molecule has 0 fully saturated rings. The molecule has 0 saturated heterocycles. The van der Waals surface area contributed by atoms with Crippen molar-refractivity contribution >= 4 is 66.7 Å². The molecule has 0 aliphatic heterocycles. The van der Waals surface area contributed by atoms with E-state index >= 15 is 0 Å². The van der Waals surface area contributed by atoms with E-state index in [0.29, 0.717) is 28.1 Å². The number of thioether (sulfide) groups is 1. The fourth-order valence-corrected chi connectivity index (χ4v) is 7.67. The Bertz CT molecular complexity index is 1880. The molecule has 0 bridgehead atoms. The van der Waals surface area contributed by atoms with Gasteiger partial charge in [0, 0.05) is 18.1 Å². The number of ether oxygens (including phenoxy) is 1. The molecule has 41 heavy (non-hydrogen) atoms. The molecule has 5 nitrogen and oxygen atoms in total. The Kier molecular flexibility index (Phi) is 7.22. The molecule has 0 saturated carbocycles. The highest BCUT2D eigenvalue weighted by Crippen LogP contribution is 2.41. The van der Waals surface area contributed by atoms with Gasteiger partial charge in [-0.3, -0.25) is 0 Å². The molecular weight excluding hydrogens is 641 g/mol. The molecular formula is C34H32IN3O2S. The number of rotatable bonds is 7. The van der Waals surface area contributed by atoms with Crippen LogP contribution in [0.5, 0.6) is 11.5 Å². The Morgan fingerprint density at radius 1 is 0.780 bits per heavy atom. The number of hydrogen-bond acceptors (Lipinski definition) is 6. The second-order valence-electron chi connectivity index (χ2n) is 11.8. The molecule has 0 spiro atoms. The summed E-state index contributed by atoms with van der Waals surface area (Å²) in [5, 5.41) is 18.9. The highest BCUT2D eigenvalue weighted by atomic mass is 127. The molecule has 0 radical (unpaired) electrons. The van der Waals surface area contributed by atoms with Crippen molar-refractivity contribution in [2.45, 2.75) is 49.8 Å². The van der Waals surface area contributed by atoms with Gasteiger partial charge in [0.25, 0.3) is 0 Å². The maximum absolute atomic E-state index is 11.1. The van der Waals surface area contributed by atoms with Crippen LogP contribution in [0.3, 0.4) is 0 Å². The van der Waals surface area contributed by atoms with Gasteiger partial charge in [-0.05, 0) is 91.2 Å². The van der Waals surface area contributed by atoms with E-state index < -0.39 is 3.61 Å². The van der Waals surface area contributed by atoms with Crippen LogP contribution >= 0.6 is 34.4 Å². The summed E-state index contributed by atoms with van der Waals surface area (Å²) in [6.07, 6.45) is 0.858. The number of halogens is 1. The van der Waals surface area contributed by atoms with E-state index in [2.05, 4.69) is 112 Å². The van der Waals surface area contributed by atoms with Crippen LogP contribution < -0.4 is 4.74 Å². The van der Waals surface area contributed by atoms with Crippen molar-refractivity contribution in [3.05, 3.63) is 72.8 Å². The minimum Gasteiger partial charge on any atom is -0.507 e. The third-order valence-corrected chi connectivity index (χ3v) is 8.38. The number of hydrogen-bond donors (Lipinski definition) is 1. The molecule has 208 valence electrons. The van der Waals surface area contributed by atoms with Crippen molar-refractivity contribution < 1.29 is 9.84 Å². The molecule has 1 heterocycles. The predicted octanol–water partition coefficient (Wildman–Crippen LogP) is 9.89. The number of aromatic hydroxyl groups is 1. The van der Waals surface area contributed by atoms with Crippen molar-refractivity contribution in [3.63, 3.8) is 0 Å². The Morgan fingerprint density at radius 3 is 2.05 bits per heavy atom. The van der Waals surface area contributed by atoms with Crippen molar-refractivity contribution in [2.75, 3.05) is 5.75 Å². The number of alkyl halides is 1. The summed E-state index contributed by atoms with van der Waals surface area (Å²) in [4.78, 5) is 14.5. The number of benzene rings is 5. The average molecular weight is 674 g/mol. The average Bonchev–Trinajstić information content (AvgIpc) is 2.90. The van der Waals surface area contributed by atoms with Crippen LogP contribution in [-0.4, -0.2) is 29.4 Å².